The summed E-state index contributed by atoms with van der Waals surface area (Å²) < 4.78 is 0. The normalized spacial score (nSPS) is 11.0. The maximum Gasteiger partial charge on any atom is 0.0463 e. The molecule has 320 valence electrons. The average Bonchev–Trinajstić information content (AvgIpc) is 3.35. The maximum atomic E-state index is 2.37. The Balaban J connectivity index is 1.04. The number of para-hydroxylation sites is 5. The summed E-state index contributed by atoms with van der Waals surface area (Å²) in [7, 11) is 0. The van der Waals surface area contributed by atoms with Gasteiger partial charge in [-0.1, -0.05) is 91.0 Å². The lowest BCUT2D eigenvalue weighted by atomic mass is 10.1. The smallest absolute Gasteiger partial charge is 0.0463 e. The van der Waals surface area contributed by atoms with Crippen LogP contribution in [0.4, 0.5) is 73.9 Å². The summed E-state index contributed by atoms with van der Waals surface area (Å²) in [4.78, 5) is 11.7. The predicted octanol–water partition coefficient (Wildman–Crippen LogP) is 17.2. The lowest BCUT2D eigenvalue weighted by Gasteiger charge is -2.31. The number of hydrogen-bond acceptors (Lipinski definition) is 5. The molecule has 0 aromatic heterocycles. The minimum Gasteiger partial charge on any atom is -0.339 e. The van der Waals surface area contributed by atoms with E-state index in [4.69, 9.17) is 0 Å². The Kier molecular flexibility index (Phi) is 12.7. The molecule has 0 aliphatic rings. The van der Waals surface area contributed by atoms with E-state index in [0.29, 0.717) is 12.1 Å². The van der Waals surface area contributed by atoms with Gasteiger partial charge in [-0.05, 0) is 185 Å². The molecule has 9 aromatic carbocycles. The molecule has 0 fully saturated rings. The van der Waals surface area contributed by atoms with Crippen LogP contribution < -0.4 is 24.5 Å². The van der Waals surface area contributed by atoms with E-state index < -0.39 is 0 Å². The molecule has 5 nitrogen and oxygen atoms in total. The lowest BCUT2D eigenvalue weighted by molar-refractivity contribution is 0.789. The average molecular weight is 846 g/mol. The Bertz CT molecular complexity index is 2650. The first-order valence-corrected chi connectivity index (χ1v) is 22.6. The van der Waals surface area contributed by atoms with Crippen LogP contribution >= 0.6 is 0 Å². The summed E-state index contributed by atoms with van der Waals surface area (Å²) in [6.45, 7) is 8.94. The Hall–Kier alpha value is -8.02. The number of anilines is 13. The van der Waals surface area contributed by atoms with Crippen molar-refractivity contribution < 1.29 is 0 Å². The van der Waals surface area contributed by atoms with Gasteiger partial charge in [-0.2, -0.15) is 0 Å². The van der Waals surface area contributed by atoms with Crippen LogP contribution in [0.5, 0.6) is 0 Å². The van der Waals surface area contributed by atoms with Gasteiger partial charge in [-0.15, -0.1) is 0 Å². The molecule has 0 N–H and O–H groups in total. The second-order valence-electron chi connectivity index (χ2n) is 16.7. The van der Waals surface area contributed by atoms with Crippen LogP contribution in [-0.2, 0) is 0 Å². The highest BCUT2D eigenvalue weighted by atomic mass is 15.2. The largest absolute Gasteiger partial charge is 0.339 e. The molecule has 0 aliphatic carbocycles. The third kappa shape index (κ3) is 9.36. The molecule has 0 bridgehead atoms. The summed E-state index contributed by atoms with van der Waals surface area (Å²) in [5.74, 6) is 0. The van der Waals surface area contributed by atoms with Gasteiger partial charge in [0.2, 0.25) is 0 Å². The molecule has 65 heavy (non-hydrogen) atoms. The minimum absolute atomic E-state index is 0.298. The molecule has 0 unspecified atom stereocenters. The first-order valence-electron chi connectivity index (χ1n) is 22.6. The molecule has 0 radical (unpaired) electrons. The molecule has 9 aromatic rings. The van der Waals surface area contributed by atoms with Crippen molar-refractivity contribution in [2.45, 2.75) is 39.8 Å². The zero-order valence-corrected chi connectivity index (χ0v) is 37.6. The Morgan fingerprint density at radius 2 is 0.323 bits per heavy atom. The van der Waals surface area contributed by atoms with E-state index in [1.165, 1.54) is 11.4 Å². The highest BCUT2D eigenvalue weighted by molar-refractivity contribution is 5.84. The van der Waals surface area contributed by atoms with Crippen LogP contribution in [0.3, 0.4) is 0 Å². The van der Waals surface area contributed by atoms with Gasteiger partial charge in [0.1, 0.15) is 0 Å². The molecule has 9 rings (SSSR count). The number of nitrogens with zero attached hydrogens (tertiary/aromatic N) is 5. The zero-order chi connectivity index (χ0) is 44.5. The topological polar surface area (TPSA) is 16.2 Å². The van der Waals surface area contributed by atoms with E-state index in [-0.39, 0.29) is 0 Å². The monoisotopic (exact) mass is 845 g/mol. The second-order valence-corrected chi connectivity index (χ2v) is 16.7. The third-order valence-electron chi connectivity index (χ3n) is 11.6. The van der Waals surface area contributed by atoms with Crippen LogP contribution in [0, 0.1) is 0 Å². The minimum atomic E-state index is 0.298. The summed E-state index contributed by atoms with van der Waals surface area (Å²) in [6.07, 6.45) is 0. The van der Waals surface area contributed by atoms with Gasteiger partial charge in [0.15, 0.2) is 0 Å². The fourth-order valence-corrected chi connectivity index (χ4v) is 8.77. The second kappa shape index (κ2) is 19.6. The summed E-state index contributed by atoms with van der Waals surface area (Å²) in [5.41, 5.74) is 14.4. The van der Waals surface area contributed by atoms with Gasteiger partial charge >= 0.3 is 0 Å². The predicted molar refractivity (Wildman–Crippen MR) is 278 cm³/mol. The number of hydrogen-bond donors (Lipinski definition) is 0. The first-order chi connectivity index (χ1) is 31.9. The van der Waals surface area contributed by atoms with Gasteiger partial charge in [-0.3, -0.25) is 0 Å². The Morgan fingerprint density at radius 3 is 0.508 bits per heavy atom. The standard InChI is InChI=1S/C60H55N5/c1-46(2)61(48-20-10-5-11-21-48)53-30-34-55(35-31-53)63(50-24-14-7-15-25-50)57-38-42-59(43-39-57)65(52-28-18-9-19-29-52)60-44-40-58(41-45-60)64(51-26-16-8-17-27-51)56-36-32-54(33-37-56)62(47(3)4)49-22-12-6-13-23-49/h5-47H,1-4H3. The van der Waals surface area contributed by atoms with Gasteiger partial charge in [0, 0.05) is 86.0 Å². The third-order valence-corrected chi connectivity index (χ3v) is 11.6. The van der Waals surface area contributed by atoms with Crippen LogP contribution in [0.25, 0.3) is 0 Å². The van der Waals surface area contributed by atoms with Crippen LogP contribution in [0.2, 0.25) is 0 Å². The molecule has 0 amide bonds. The van der Waals surface area contributed by atoms with E-state index in [1.807, 2.05) is 0 Å². The fraction of sp³-hybridized carbons (Fsp3) is 0.100. The highest BCUT2D eigenvalue weighted by Crippen LogP contribution is 2.42. The quantitative estimate of drug-likeness (QED) is 0.102. The fourth-order valence-electron chi connectivity index (χ4n) is 8.77. The summed E-state index contributed by atoms with van der Waals surface area (Å²) in [5, 5.41) is 0. The van der Waals surface area contributed by atoms with E-state index in [2.05, 4.69) is 301 Å². The molecule has 5 heteroatoms. The zero-order valence-electron chi connectivity index (χ0n) is 37.6. The molecule has 0 saturated heterocycles. The molecule has 0 aliphatic heterocycles. The number of benzene rings is 9. The maximum absolute atomic E-state index is 2.37. The highest BCUT2D eigenvalue weighted by Gasteiger charge is 2.20. The van der Waals surface area contributed by atoms with Gasteiger partial charge in [0.05, 0.1) is 0 Å². The summed E-state index contributed by atoms with van der Waals surface area (Å²) >= 11 is 0. The SMILES string of the molecule is CC(C)N(c1ccccc1)c1ccc(N(c2ccccc2)c2ccc(N(c3ccccc3)c3ccc(N(c4ccccc4)c4ccc(N(c5ccccc5)C(C)C)cc4)cc3)cc2)cc1. The Labute approximate surface area is 385 Å². The van der Waals surface area contributed by atoms with Crippen LogP contribution in [0.1, 0.15) is 27.7 Å². The summed E-state index contributed by atoms with van der Waals surface area (Å²) in [6, 6.07) is 89.3. The molecular weight excluding hydrogens is 791 g/mol. The van der Waals surface area contributed by atoms with E-state index in [9.17, 15) is 0 Å². The van der Waals surface area contributed by atoms with Gasteiger partial charge in [-0.25, -0.2) is 0 Å². The first kappa shape index (κ1) is 42.3. The van der Waals surface area contributed by atoms with E-state index in [1.54, 1.807) is 0 Å². The van der Waals surface area contributed by atoms with Crippen molar-refractivity contribution in [2.24, 2.45) is 0 Å². The number of rotatable bonds is 15. The Morgan fingerprint density at radius 1 is 0.185 bits per heavy atom. The van der Waals surface area contributed by atoms with Gasteiger partial charge < -0.3 is 24.5 Å². The van der Waals surface area contributed by atoms with Crippen molar-refractivity contribution in [1.29, 1.82) is 0 Å². The van der Waals surface area contributed by atoms with Crippen molar-refractivity contribution in [1.82, 2.24) is 0 Å². The molecule has 0 spiro atoms. The van der Waals surface area contributed by atoms with Crippen LogP contribution in [-0.4, -0.2) is 12.1 Å². The van der Waals surface area contributed by atoms with E-state index >= 15 is 0 Å². The van der Waals surface area contributed by atoms with Crippen molar-refractivity contribution >= 4 is 73.9 Å². The van der Waals surface area contributed by atoms with Crippen LogP contribution in [0.15, 0.2) is 249 Å². The lowest BCUT2D eigenvalue weighted by Crippen LogP contribution is -2.25. The van der Waals surface area contributed by atoms with Crippen molar-refractivity contribution in [3.8, 4) is 0 Å². The molecular formula is C60H55N5. The molecule has 0 atom stereocenters. The van der Waals surface area contributed by atoms with Crippen molar-refractivity contribution in [3.05, 3.63) is 249 Å². The van der Waals surface area contributed by atoms with Crippen molar-refractivity contribution in [2.75, 3.05) is 24.5 Å². The molecule has 0 saturated carbocycles. The van der Waals surface area contributed by atoms with Gasteiger partial charge in [0.25, 0.3) is 0 Å². The van der Waals surface area contributed by atoms with E-state index in [0.717, 1.165) is 62.6 Å². The molecule has 0 heterocycles. The van der Waals surface area contributed by atoms with Crippen molar-refractivity contribution in [3.63, 3.8) is 0 Å².